The van der Waals surface area contributed by atoms with Crippen molar-refractivity contribution in [1.29, 1.82) is 0 Å². The molecule has 0 aliphatic rings. The molecule has 0 bridgehead atoms. The maximum atomic E-state index is 12.0. The number of carbonyl (C=O) groups is 3. The molecule has 0 aromatic heterocycles. The molecule has 0 aliphatic carbocycles. The first-order valence-electron chi connectivity index (χ1n) is 7.98. The minimum absolute atomic E-state index is 0.392. The summed E-state index contributed by atoms with van der Waals surface area (Å²) in [6, 6.07) is 4.10. The molecule has 0 unspecified atom stereocenters. The molecule has 1 rings (SSSR count). The van der Waals surface area contributed by atoms with E-state index in [1.807, 2.05) is 12.2 Å². The lowest BCUT2D eigenvalue weighted by Gasteiger charge is -2.08. The fourth-order valence-electron chi connectivity index (χ4n) is 1.72. The Morgan fingerprint density at radius 1 is 1.15 bits per heavy atom. The number of carbonyl (C=O) groups excluding carboxylic acids is 3. The van der Waals surface area contributed by atoms with Crippen LogP contribution >= 0.6 is 0 Å². The Morgan fingerprint density at radius 3 is 2.41 bits per heavy atom. The molecule has 0 heterocycles. The van der Waals surface area contributed by atoms with Crippen molar-refractivity contribution in [1.82, 2.24) is 10.6 Å². The number of imide groups is 1. The third-order valence-electron chi connectivity index (χ3n) is 2.94. The van der Waals surface area contributed by atoms with Gasteiger partial charge in [0, 0.05) is 12.6 Å². The zero-order valence-electron chi connectivity index (χ0n) is 14.5. The van der Waals surface area contributed by atoms with Crippen molar-refractivity contribution in [2.24, 2.45) is 0 Å². The first kappa shape index (κ1) is 22.0. The zero-order valence-corrected chi connectivity index (χ0v) is 14.5. The van der Waals surface area contributed by atoms with Gasteiger partial charge in [0.15, 0.2) is 6.61 Å². The highest BCUT2D eigenvalue weighted by Crippen LogP contribution is 2.22. The van der Waals surface area contributed by atoms with Gasteiger partial charge in [0.2, 0.25) is 0 Å². The zero-order chi connectivity index (χ0) is 20.3. The van der Waals surface area contributed by atoms with Crippen molar-refractivity contribution in [2.45, 2.75) is 26.1 Å². The molecular weight excluding hydrogens is 369 g/mol. The molecule has 3 amide bonds. The summed E-state index contributed by atoms with van der Waals surface area (Å²) >= 11 is 0. The van der Waals surface area contributed by atoms with Gasteiger partial charge in [0.1, 0.15) is 5.75 Å². The van der Waals surface area contributed by atoms with Crippen LogP contribution in [0.15, 0.2) is 30.3 Å². The van der Waals surface area contributed by atoms with Gasteiger partial charge in [-0.25, -0.2) is 9.59 Å². The topological polar surface area (TPSA) is 93.7 Å². The molecule has 1 aromatic rings. The van der Waals surface area contributed by atoms with E-state index < -0.39 is 36.6 Å². The van der Waals surface area contributed by atoms with E-state index >= 15 is 0 Å². The van der Waals surface area contributed by atoms with E-state index in [1.54, 1.807) is 0 Å². The molecule has 0 radical (unpaired) electrons. The SMILES string of the molecule is CCCCNC(=O)NC(=O)COC(=O)/C=C/c1ccc(OC(F)(F)F)cc1. The molecule has 10 heteroatoms. The molecule has 0 saturated carbocycles. The molecule has 148 valence electrons. The van der Waals surface area contributed by atoms with Gasteiger partial charge in [0.05, 0.1) is 0 Å². The van der Waals surface area contributed by atoms with E-state index in [9.17, 15) is 27.6 Å². The third-order valence-corrected chi connectivity index (χ3v) is 2.94. The summed E-state index contributed by atoms with van der Waals surface area (Å²) in [7, 11) is 0. The Bertz CT molecular complexity index is 672. The molecular formula is C17H19F3N2O5. The van der Waals surface area contributed by atoms with Crippen LogP contribution in [0.3, 0.4) is 0 Å². The maximum absolute atomic E-state index is 12.0. The largest absolute Gasteiger partial charge is 0.573 e. The Balaban J connectivity index is 2.37. The highest BCUT2D eigenvalue weighted by molar-refractivity contribution is 5.96. The molecule has 0 saturated heterocycles. The monoisotopic (exact) mass is 388 g/mol. The quantitative estimate of drug-likeness (QED) is 0.406. The van der Waals surface area contributed by atoms with Gasteiger partial charge < -0.3 is 14.8 Å². The van der Waals surface area contributed by atoms with E-state index in [-0.39, 0.29) is 0 Å². The summed E-state index contributed by atoms with van der Waals surface area (Å²) in [5.74, 6) is -2.04. The van der Waals surface area contributed by atoms with Gasteiger partial charge in [-0.15, -0.1) is 13.2 Å². The maximum Gasteiger partial charge on any atom is 0.573 e. The number of unbranched alkanes of at least 4 members (excludes halogenated alkanes) is 1. The van der Waals surface area contributed by atoms with Crippen LogP contribution in [0.25, 0.3) is 6.08 Å². The predicted octanol–water partition coefficient (Wildman–Crippen LogP) is 2.77. The summed E-state index contributed by atoms with van der Waals surface area (Å²) < 4.78 is 44.5. The van der Waals surface area contributed by atoms with Crippen molar-refractivity contribution in [2.75, 3.05) is 13.2 Å². The summed E-state index contributed by atoms with van der Waals surface area (Å²) in [4.78, 5) is 34.3. The van der Waals surface area contributed by atoms with Gasteiger partial charge >= 0.3 is 18.4 Å². The lowest BCUT2D eigenvalue weighted by molar-refractivity contribution is -0.274. The van der Waals surface area contributed by atoms with Crippen molar-refractivity contribution < 1.29 is 37.0 Å². The summed E-state index contributed by atoms with van der Waals surface area (Å²) in [5, 5.41) is 4.46. The first-order valence-corrected chi connectivity index (χ1v) is 7.98. The number of halogens is 3. The number of hydrogen-bond donors (Lipinski definition) is 2. The number of rotatable bonds is 8. The Morgan fingerprint density at radius 2 is 1.81 bits per heavy atom. The number of ether oxygens (including phenoxy) is 2. The fourth-order valence-corrected chi connectivity index (χ4v) is 1.72. The van der Waals surface area contributed by atoms with Crippen molar-refractivity contribution in [3.8, 4) is 5.75 Å². The van der Waals surface area contributed by atoms with Crippen LogP contribution in [0, 0.1) is 0 Å². The lowest BCUT2D eigenvalue weighted by atomic mass is 10.2. The second kappa shape index (κ2) is 10.8. The molecule has 1 aromatic carbocycles. The van der Waals surface area contributed by atoms with Crippen LogP contribution in [-0.4, -0.2) is 37.4 Å². The average molecular weight is 388 g/mol. The van der Waals surface area contributed by atoms with E-state index in [0.29, 0.717) is 12.1 Å². The van der Waals surface area contributed by atoms with E-state index in [4.69, 9.17) is 0 Å². The molecule has 2 N–H and O–H groups in total. The number of hydrogen-bond acceptors (Lipinski definition) is 5. The lowest BCUT2D eigenvalue weighted by Crippen LogP contribution is -2.41. The van der Waals surface area contributed by atoms with Crippen molar-refractivity contribution in [3.63, 3.8) is 0 Å². The van der Waals surface area contributed by atoms with E-state index in [1.165, 1.54) is 18.2 Å². The third kappa shape index (κ3) is 10.5. The van der Waals surface area contributed by atoms with E-state index in [0.717, 1.165) is 31.1 Å². The number of benzene rings is 1. The summed E-state index contributed by atoms with van der Waals surface area (Å²) in [5.41, 5.74) is 0.418. The highest BCUT2D eigenvalue weighted by atomic mass is 19.4. The molecule has 0 atom stereocenters. The van der Waals surface area contributed by atoms with Gasteiger partial charge in [0.25, 0.3) is 5.91 Å². The second-order valence-corrected chi connectivity index (χ2v) is 5.22. The first-order chi connectivity index (χ1) is 12.7. The Labute approximate surface area is 153 Å². The number of alkyl halides is 3. The van der Waals surface area contributed by atoms with Crippen molar-refractivity contribution >= 4 is 24.0 Å². The van der Waals surface area contributed by atoms with Gasteiger partial charge in [-0.2, -0.15) is 0 Å². The van der Waals surface area contributed by atoms with Gasteiger partial charge in [-0.3, -0.25) is 10.1 Å². The Hall–Kier alpha value is -3.04. The van der Waals surface area contributed by atoms with Crippen LogP contribution < -0.4 is 15.4 Å². The highest BCUT2D eigenvalue weighted by Gasteiger charge is 2.30. The molecule has 27 heavy (non-hydrogen) atoms. The van der Waals surface area contributed by atoms with E-state index in [2.05, 4.69) is 14.8 Å². The van der Waals surface area contributed by atoms with Crippen LogP contribution in [0.4, 0.5) is 18.0 Å². The van der Waals surface area contributed by atoms with Gasteiger partial charge in [-0.1, -0.05) is 25.5 Å². The smallest absolute Gasteiger partial charge is 0.452 e. The molecule has 0 aliphatic heterocycles. The molecule has 0 fully saturated rings. The average Bonchev–Trinajstić information content (AvgIpc) is 2.58. The van der Waals surface area contributed by atoms with Crippen LogP contribution in [-0.2, 0) is 14.3 Å². The fraction of sp³-hybridized carbons (Fsp3) is 0.353. The minimum atomic E-state index is -4.78. The van der Waals surface area contributed by atoms with Crippen molar-refractivity contribution in [3.05, 3.63) is 35.9 Å². The second-order valence-electron chi connectivity index (χ2n) is 5.22. The summed E-state index contributed by atoms with van der Waals surface area (Å²) in [6.07, 6.45) is -0.848. The predicted molar refractivity (Wildman–Crippen MR) is 89.6 cm³/mol. The number of nitrogens with one attached hydrogen (secondary N) is 2. The minimum Gasteiger partial charge on any atom is -0.452 e. The van der Waals surface area contributed by atoms with Gasteiger partial charge in [-0.05, 0) is 30.2 Å². The van der Waals surface area contributed by atoms with Crippen LogP contribution in [0.1, 0.15) is 25.3 Å². The Kier molecular flexibility index (Phi) is 8.83. The van der Waals surface area contributed by atoms with Crippen LogP contribution in [0.5, 0.6) is 5.75 Å². The number of amides is 3. The standard InChI is InChI=1S/C17H19F3N2O5/c1-2-3-10-21-16(25)22-14(23)11-26-15(24)9-6-12-4-7-13(8-5-12)27-17(18,19)20/h4-9H,2-3,10-11H2,1H3,(H2,21,22,23,25)/b9-6+. The number of urea groups is 1. The normalized spacial score (nSPS) is 11.1. The number of esters is 1. The summed E-state index contributed by atoms with van der Waals surface area (Å²) in [6.45, 7) is 1.72. The van der Waals surface area contributed by atoms with Crippen LogP contribution in [0.2, 0.25) is 0 Å². The molecule has 0 spiro atoms. The molecule has 7 nitrogen and oxygen atoms in total.